The van der Waals surface area contributed by atoms with E-state index in [2.05, 4.69) is 25.0 Å². The first-order valence-corrected chi connectivity index (χ1v) is 8.52. The third-order valence-corrected chi connectivity index (χ3v) is 4.29. The largest absolute Gasteiger partial charge is 0.510 e. The first kappa shape index (κ1) is 19.8. The Labute approximate surface area is 159 Å². The lowest BCUT2D eigenvalue weighted by Gasteiger charge is -2.16. The standard InChI is InChI=1S/C13H17N5O4.C3H5NO2/c1-5(2)7(19)10-8(20)9(21)13(22-10)18-4-17-6-11(14)15-3-16-12(6)18;5-3-4-1-2-6-3/h3-4,8-10,13,19-21H,1-2H3,(H2,14,15,16);1-2H2,(H,4,5)/t8-,9+,10+,13+;/m0./s1. The zero-order valence-corrected chi connectivity index (χ0v) is 15.3. The SMILES string of the molecule is CC(C)=C(O)[C@H]1O[C@@H](n2cnc3c(N)ncnc32)[C@H](O)[C@@H]1O.O=C1NCCO1. The Morgan fingerprint density at radius 3 is 2.61 bits per heavy atom. The third-order valence-electron chi connectivity index (χ3n) is 4.29. The summed E-state index contributed by atoms with van der Waals surface area (Å²) in [6.07, 6.45) is -2.09. The molecule has 0 bridgehead atoms. The Bertz CT molecular complexity index is 887. The molecule has 4 atom stereocenters. The van der Waals surface area contributed by atoms with E-state index in [-0.39, 0.29) is 17.7 Å². The van der Waals surface area contributed by atoms with Gasteiger partial charge in [0.1, 0.15) is 42.5 Å². The molecule has 4 rings (SSSR count). The molecule has 0 spiro atoms. The van der Waals surface area contributed by atoms with Gasteiger partial charge in [0.2, 0.25) is 0 Å². The Kier molecular flexibility index (Phi) is 5.63. The molecule has 6 N–H and O–H groups in total. The number of hydrogen-bond donors (Lipinski definition) is 5. The summed E-state index contributed by atoms with van der Waals surface area (Å²) in [4.78, 5) is 21.9. The minimum atomic E-state index is -1.27. The van der Waals surface area contributed by atoms with Crippen molar-refractivity contribution in [1.82, 2.24) is 24.8 Å². The van der Waals surface area contributed by atoms with Crippen LogP contribution in [0.25, 0.3) is 11.2 Å². The van der Waals surface area contributed by atoms with Crippen LogP contribution in [-0.2, 0) is 9.47 Å². The van der Waals surface area contributed by atoms with Crippen LogP contribution >= 0.6 is 0 Å². The number of anilines is 1. The molecular weight excluding hydrogens is 372 g/mol. The first-order chi connectivity index (χ1) is 13.3. The van der Waals surface area contributed by atoms with Crippen LogP contribution in [0.2, 0.25) is 0 Å². The number of nitrogens with two attached hydrogens (primary N) is 1. The van der Waals surface area contributed by atoms with Gasteiger partial charge in [-0.3, -0.25) is 4.57 Å². The number of carbonyl (C=O) groups is 1. The van der Waals surface area contributed by atoms with Gasteiger partial charge in [-0.05, 0) is 19.4 Å². The van der Waals surface area contributed by atoms with Crippen LogP contribution in [0.3, 0.4) is 0 Å². The summed E-state index contributed by atoms with van der Waals surface area (Å²) in [5.74, 6) is 0.105. The number of nitrogens with one attached hydrogen (secondary N) is 1. The van der Waals surface area contributed by atoms with E-state index in [4.69, 9.17) is 10.5 Å². The van der Waals surface area contributed by atoms with Gasteiger partial charge in [0.05, 0.1) is 12.9 Å². The van der Waals surface area contributed by atoms with E-state index in [1.807, 2.05) is 0 Å². The summed E-state index contributed by atoms with van der Waals surface area (Å²) in [5, 5.41) is 32.8. The number of rotatable bonds is 2. The van der Waals surface area contributed by atoms with Crippen LogP contribution in [0, 0.1) is 0 Å². The number of fused-ring (bicyclic) bond motifs is 1. The van der Waals surface area contributed by atoms with Gasteiger partial charge >= 0.3 is 6.09 Å². The molecule has 28 heavy (non-hydrogen) atoms. The smallest absolute Gasteiger partial charge is 0.407 e. The maximum absolute atomic E-state index is 10.2. The molecule has 0 aliphatic carbocycles. The van der Waals surface area contributed by atoms with Crippen molar-refractivity contribution in [3.05, 3.63) is 24.0 Å². The molecule has 2 aliphatic rings. The van der Waals surface area contributed by atoms with E-state index in [1.165, 1.54) is 17.2 Å². The predicted molar refractivity (Wildman–Crippen MR) is 96.0 cm³/mol. The maximum Gasteiger partial charge on any atom is 0.407 e. The molecule has 0 radical (unpaired) electrons. The van der Waals surface area contributed by atoms with Gasteiger partial charge in [-0.2, -0.15) is 0 Å². The van der Waals surface area contributed by atoms with Crippen LogP contribution in [-0.4, -0.2) is 72.4 Å². The molecule has 12 nitrogen and oxygen atoms in total. The lowest BCUT2D eigenvalue weighted by molar-refractivity contribution is -0.0345. The fraction of sp³-hybridized carbons (Fsp3) is 0.500. The van der Waals surface area contributed by atoms with E-state index in [9.17, 15) is 20.1 Å². The van der Waals surface area contributed by atoms with Gasteiger partial charge in [-0.25, -0.2) is 19.7 Å². The van der Waals surface area contributed by atoms with Gasteiger partial charge in [-0.15, -0.1) is 0 Å². The second kappa shape index (κ2) is 7.96. The van der Waals surface area contributed by atoms with Crippen LogP contribution in [0.4, 0.5) is 10.6 Å². The number of cyclic esters (lactones) is 1. The molecule has 4 heterocycles. The Hall–Kier alpha value is -2.96. The Morgan fingerprint density at radius 1 is 1.29 bits per heavy atom. The second-order valence-corrected chi connectivity index (χ2v) is 6.46. The molecule has 2 aliphatic heterocycles. The lowest BCUT2D eigenvalue weighted by atomic mass is 10.1. The monoisotopic (exact) mass is 394 g/mol. The highest BCUT2D eigenvalue weighted by Crippen LogP contribution is 2.34. The normalized spacial score (nSPS) is 26.4. The zero-order valence-electron chi connectivity index (χ0n) is 15.3. The van der Waals surface area contributed by atoms with E-state index in [0.29, 0.717) is 29.9 Å². The van der Waals surface area contributed by atoms with Gasteiger partial charge in [0.15, 0.2) is 17.7 Å². The van der Waals surface area contributed by atoms with Gasteiger partial charge in [0.25, 0.3) is 0 Å². The van der Waals surface area contributed by atoms with Crippen molar-refractivity contribution in [2.45, 2.75) is 38.4 Å². The summed E-state index contributed by atoms with van der Waals surface area (Å²) >= 11 is 0. The van der Waals surface area contributed by atoms with Gasteiger partial charge in [-0.1, -0.05) is 0 Å². The molecule has 2 aromatic rings. The summed E-state index contributed by atoms with van der Waals surface area (Å²) in [6.45, 7) is 4.56. The van der Waals surface area contributed by atoms with Crippen LogP contribution in [0.1, 0.15) is 20.1 Å². The molecule has 1 amide bonds. The summed E-state index contributed by atoms with van der Waals surface area (Å²) < 4.78 is 11.5. The number of hydrogen-bond acceptors (Lipinski definition) is 10. The van der Waals surface area contributed by atoms with E-state index >= 15 is 0 Å². The van der Waals surface area contributed by atoms with Crippen molar-refractivity contribution in [2.75, 3.05) is 18.9 Å². The minimum absolute atomic E-state index is 0.104. The van der Waals surface area contributed by atoms with Gasteiger partial charge in [0, 0.05) is 0 Å². The average Bonchev–Trinajstić information content (AvgIpc) is 3.37. The molecule has 0 aromatic carbocycles. The number of nitrogen functional groups attached to an aromatic ring is 1. The van der Waals surface area contributed by atoms with Crippen molar-refractivity contribution in [1.29, 1.82) is 0 Å². The van der Waals surface area contributed by atoms with Crippen molar-refractivity contribution < 1.29 is 29.6 Å². The predicted octanol–water partition coefficient (Wildman–Crippen LogP) is -0.394. The molecule has 2 saturated heterocycles. The van der Waals surface area contributed by atoms with E-state index in [0.717, 1.165) is 0 Å². The number of ether oxygens (including phenoxy) is 2. The van der Waals surface area contributed by atoms with Crippen molar-refractivity contribution >= 4 is 23.1 Å². The highest BCUT2D eigenvalue weighted by Gasteiger charge is 2.46. The molecule has 2 fully saturated rings. The summed E-state index contributed by atoms with van der Waals surface area (Å²) in [5.41, 5.74) is 7.07. The number of aromatic nitrogens is 4. The van der Waals surface area contributed by atoms with Crippen molar-refractivity contribution in [3.63, 3.8) is 0 Å². The van der Waals surface area contributed by atoms with Crippen molar-refractivity contribution in [2.24, 2.45) is 0 Å². The number of nitrogens with zero attached hydrogens (tertiary/aromatic N) is 4. The number of amides is 1. The lowest BCUT2D eigenvalue weighted by Crippen LogP contribution is -2.32. The highest BCUT2D eigenvalue weighted by atomic mass is 16.6. The zero-order chi connectivity index (χ0) is 20.4. The highest BCUT2D eigenvalue weighted by molar-refractivity contribution is 5.81. The molecule has 12 heteroatoms. The first-order valence-electron chi connectivity index (χ1n) is 8.52. The topological polar surface area (TPSA) is 178 Å². The molecule has 0 saturated carbocycles. The van der Waals surface area contributed by atoms with Crippen LogP contribution < -0.4 is 11.1 Å². The van der Waals surface area contributed by atoms with E-state index in [1.54, 1.807) is 13.8 Å². The van der Waals surface area contributed by atoms with Gasteiger partial charge < -0.3 is 35.8 Å². The maximum atomic E-state index is 10.2. The number of alkyl carbamates (subject to hydrolysis) is 1. The average molecular weight is 394 g/mol. The molecular formula is C16H22N6O6. The van der Waals surface area contributed by atoms with Crippen molar-refractivity contribution in [3.8, 4) is 0 Å². The Morgan fingerprint density at radius 2 is 2.04 bits per heavy atom. The molecule has 0 unspecified atom stereocenters. The fourth-order valence-electron chi connectivity index (χ4n) is 2.80. The quantitative estimate of drug-likeness (QED) is 0.421. The number of carbonyl (C=O) groups excluding carboxylic acids is 1. The molecule has 2 aromatic heterocycles. The fourth-order valence-corrected chi connectivity index (χ4v) is 2.80. The summed E-state index contributed by atoms with van der Waals surface area (Å²) in [6, 6.07) is 0. The number of allylic oxidation sites excluding steroid dienone is 1. The van der Waals surface area contributed by atoms with E-state index < -0.39 is 24.5 Å². The number of aliphatic hydroxyl groups is 3. The summed E-state index contributed by atoms with van der Waals surface area (Å²) in [7, 11) is 0. The Balaban J connectivity index is 0.000000320. The van der Waals surface area contributed by atoms with Crippen LogP contribution in [0.5, 0.6) is 0 Å². The number of aliphatic hydroxyl groups excluding tert-OH is 3. The minimum Gasteiger partial charge on any atom is -0.510 e. The molecule has 152 valence electrons. The second-order valence-electron chi connectivity index (χ2n) is 6.46. The number of imidazole rings is 1. The van der Waals surface area contributed by atoms with Crippen LogP contribution in [0.15, 0.2) is 24.0 Å². The third kappa shape index (κ3) is 3.69.